The highest BCUT2D eigenvalue weighted by Crippen LogP contribution is 2.40. The van der Waals surface area contributed by atoms with E-state index in [4.69, 9.17) is 0 Å². The van der Waals surface area contributed by atoms with Crippen molar-refractivity contribution in [1.82, 2.24) is 24.6 Å². The van der Waals surface area contributed by atoms with Crippen molar-refractivity contribution in [3.8, 4) is 0 Å². The van der Waals surface area contributed by atoms with Crippen molar-refractivity contribution in [3.05, 3.63) is 35.7 Å². The summed E-state index contributed by atoms with van der Waals surface area (Å²) in [5.41, 5.74) is 2.38. The summed E-state index contributed by atoms with van der Waals surface area (Å²) in [6.07, 6.45) is 6.76. The smallest absolute Gasteiger partial charge is 0.147 e. The van der Waals surface area contributed by atoms with Gasteiger partial charge in [0.15, 0.2) is 0 Å². The molecule has 0 aromatic carbocycles. The van der Waals surface area contributed by atoms with Crippen molar-refractivity contribution in [2.24, 2.45) is 0 Å². The van der Waals surface area contributed by atoms with Gasteiger partial charge in [-0.2, -0.15) is 0 Å². The normalized spacial score (nSPS) is 19.0. The molecule has 6 heteroatoms. The predicted octanol–water partition coefficient (Wildman–Crippen LogP) is 2.76. The SMILES string of the molecule is Cc1cc(N2CCC(c3nnc(CN(C)C)n3C3CC3)CC2)ccn1. The Bertz CT molecular complexity index is 725. The van der Waals surface area contributed by atoms with Crippen LogP contribution in [-0.2, 0) is 6.54 Å². The number of hydrogen-bond acceptors (Lipinski definition) is 5. The maximum atomic E-state index is 4.62. The fourth-order valence-corrected chi connectivity index (χ4v) is 3.86. The second-order valence-electron chi connectivity index (χ2n) is 7.73. The summed E-state index contributed by atoms with van der Waals surface area (Å²) in [7, 11) is 4.20. The lowest BCUT2D eigenvalue weighted by atomic mass is 9.95. The molecule has 0 radical (unpaired) electrons. The summed E-state index contributed by atoms with van der Waals surface area (Å²) in [5, 5.41) is 9.15. The van der Waals surface area contributed by atoms with Gasteiger partial charge in [-0.1, -0.05) is 0 Å². The molecule has 0 spiro atoms. The molecule has 2 aromatic heterocycles. The van der Waals surface area contributed by atoms with Crippen LogP contribution in [0.5, 0.6) is 0 Å². The molecule has 6 nitrogen and oxygen atoms in total. The summed E-state index contributed by atoms with van der Waals surface area (Å²) in [6, 6.07) is 4.94. The zero-order valence-electron chi connectivity index (χ0n) is 15.5. The van der Waals surface area contributed by atoms with Gasteiger partial charge in [0.25, 0.3) is 0 Å². The average Bonchev–Trinajstić information content (AvgIpc) is 3.35. The minimum absolute atomic E-state index is 0.531. The Morgan fingerprint density at radius 2 is 1.88 bits per heavy atom. The van der Waals surface area contributed by atoms with E-state index in [-0.39, 0.29) is 0 Å². The van der Waals surface area contributed by atoms with Crippen LogP contribution >= 0.6 is 0 Å². The summed E-state index contributed by atoms with van der Waals surface area (Å²) in [5.74, 6) is 2.89. The van der Waals surface area contributed by atoms with Gasteiger partial charge in [0.1, 0.15) is 11.6 Å². The molecule has 2 aliphatic rings. The first kappa shape index (κ1) is 16.5. The van der Waals surface area contributed by atoms with Crippen LogP contribution in [-0.4, -0.2) is 51.8 Å². The lowest BCUT2D eigenvalue weighted by molar-refractivity contribution is 0.376. The highest BCUT2D eigenvalue weighted by molar-refractivity contribution is 5.46. The quantitative estimate of drug-likeness (QED) is 0.838. The van der Waals surface area contributed by atoms with Crippen molar-refractivity contribution < 1.29 is 0 Å². The summed E-state index contributed by atoms with van der Waals surface area (Å²) in [6.45, 7) is 5.09. The van der Waals surface area contributed by atoms with Crippen molar-refractivity contribution in [3.63, 3.8) is 0 Å². The van der Waals surface area contributed by atoms with Crippen molar-refractivity contribution in [2.45, 2.75) is 51.1 Å². The number of pyridine rings is 1. The molecule has 0 atom stereocenters. The number of hydrogen-bond donors (Lipinski definition) is 0. The van der Waals surface area contributed by atoms with Crippen LogP contribution in [0, 0.1) is 6.92 Å². The number of rotatable bonds is 5. The Hall–Kier alpha value is -1.95. The van der Waals surface area contributed by atoms with Crippen molar-refractivity contribution in [1.29, 1.82) is 0 Å². The summed E-state index contributed by atoms with van der Waals surface area (Å²) in [4.78, 5) is 8.97. The predicted molar refractivity (Wildman–Crippen MR) is 98.8 cm³/mol. The molecular weight excluding hydrogens is 312 g/mol. The molecule has 2 fully saturated rings. The first-order chi connectivity index (χ1) is 12.1. The minimum atomic E-state index is 0.531. The molecule has 2 aromatic rings. The Labute approximate surface area is 149 Å². The molecule has 0 unspecified atom stereocenters. The van der Waals surface area contributed by atoms with Crippen LogP contribution < -0.4 is 4.90 Å². The minimum Gasteiger partial charge on any atom is -0.371 e. The van der Waals surface area contributed by atoms with E-state index in [0.29, 0.717) is 12.0 Å². The molecule has 1 saturated heterocycles. The Balaban J connectivity index is 1.48. The number of aryl methyl sites for hydroxylation is 1. The molecule has 134 valence electrons. The zero-order chi connectivity index (χ0) is 17.4. The van der Waals surface area contributed by atoms with Gasteiger partial charge >= 0.3 is 0 Å². The Morgan fingerprint density at radius 1 is 1.12 bits per heavy atom. The van der Waals surface area contributed by atoms with Gasteiger partial charge in [0, 0.05) is 42.6 Å². The molecule has 0 N–H and O–H groups in total. The van der Waals surface area contributed by atoms with Crippen LogP contribution in [0.4, 0.5) is 5.69 Å². The third kappa shape index (κ3) is 3.54. The van der Waals surface area contributed by atoms with E-state index in [0.717, 1.165) is 44.0 Å². The van der Waals surface area contributed by atoms with Gasteiger partial charge in [0.05, 0.1) is 6.54 Å². The second-order valence-corrected chi connectivity index (χ2v) is 7.73. The summed E-state index contributed by atoms with van der Waals surface area (Å²) >= 11 is 0. The third-order valence-electron chi connectivity index (χ3n) is 5.27. The van der Waals surface area contributed by atoms with Gasteiger partial charge in [-0.15, -0.1) is 10.2 Å². The number of nitrogens with zero attached hydrogens (tertiary/aromatic N) is 6. The standard InChI is InChI=1S/C19H28N6/c1-14-12-17(6-9-20-14)24-10-7-15(8-11-24)19-22-21-18(13-23(2)3)25(19)16-4-5-16/h6,9,12,15-16H,4-5,7-8,10-11,13H2,1-3H3. The lowest BCUT2D eigenvalue weighted by Crippen LogP contribution is -2.33. The molecule has 0 amide bonds. The van der Waals surface area contributed by atoms with Gasteiger partial charge in [-0.3, -0.25) is 4.98 Å². The van der Waals surface area contributed by atoms with Crippen LogP contribution in [0.2, 0.25) is 0 Å². The Morgan fingerprint density at radius 3 is 2.52 bits per heavy atom. The molecule has 25 heavy (non-hydrogen) atoms. The fraction of sp³-hybridized carbons (Fsp3) is 0.632. The highest BCUT2D eigenvalue weighted by atomic mass is 15.3. The maximum Gasteiger partial charge on any atom is 0.147 e. The average molecular weight is 340 g/mol. The molecule has 1 aliphatic carbocycles. The maximum absolute atomic E-state index is 4.62. The van der Waals surface area contributed by atoms with Gasteiger partial charge in [-0.05, 0) is 58.8 Å². The van der Waals surface area contributed by atoms with Crippen LogP contribution in [0.25, 0.3) is 0 Å². The van der Waals surface area contributed by atoms with E-state index in [9.17, 15) is 0 Å². The van der Waals surface area contributed by atoms with E-state index >= 15 is 0 Å². The molecular formula is C19H28N6. The number of anilines is 1. The van der Waals surface area contributed by atoms with Crippen molar-refractivity contribution >= 4 is 5.69 Å². The molecule has 4 rings (SSSR count). The first-order valence-corrected chi connectivity index (χ1v) is 9.38. The number of piperidine rings is 1. The Kier molecular flexibility index (Phi) is 4.46. The first-order valence-electron chi connectivity index (χ1n) is 9.38. The zero-order valence-corrected chi connectivity index (χ0v) is 15.5. The van der Waals surface area contributed by atoms with Crippen LogP contribution in [0.15, 0.2) is 18.3 Å². The van der Waals surface area contributed by atoms with E-state index < -0.39 is 0 Å². The lowest BCUT2D eigenvalue weighted by Gasteiger charge is -2.33. The molecule has 0 bridgehead atoms. The molecule has 1 aliphatic heterocycles. The highest BCUT2D eigenvalue weighted by Gasteiger charge is 2.33. The summed E-state index contributed by atoms with van der Waals surface area (Å²) < 4.78 is 2.46. The van der Waals surface area contributed by atoms with Crippen LogP contribution in [0.3, 0.4) is 0 Å². The topological polar surface area (TPSA) is 50.1 Å². The van der Waals surface area contributed by atoms with Gasteiger partial charge in [0.2, 0.25) is 0 Å². The molecule has 1 saturated carbocycles. The largest absolute Gasteiger partial charge is 0.371 e. The van der Waals surface area contributed by atoms with E-state index in [1.807, 2.05) is 6.20 Å². The van der Waals surface area contributed by atoms with E-state index in [1.165, 1.54) is 24.4 Å². The van der Waals surface area contributed by atoms with E-state index in [2.05, 4.69) is 62.7 Å². The number of aromatic nitrogens is 4. The third-order valence-corrected chi connectivity index (χ3v) is 5.27. The van der Waals surface area contributed by atoms with Crippen LogP contribution in [0.1, 0.15) is 55.0 Å². The van der Waals surface area contributed by atoms with E-state index in [1.54, 1.807) is 0 Å². The molecule has 3 heterocycles. The van der Waals surface area contributed by atoms with Crippen molar-refractivity contribution in [2.75, 3.05) is 32.1 Å². The van der Waals surface area contributed by atoms with Gasteiger partial charge in [-0.25, -0.2) is 0 Å². The van der Waals surface area contributed by atoms with Gasteiger partial charge < -0.3 is 14.4 Å². The fourth-order valence-electron chi connectivity index (χ4n) is 3.86. The monoisotopic (exact) mass is 340 g/mol. The second kappa shape index (κ2) is 6.75.